The summed E-state index contributed by atoms with van der Waals surface area (Å²) in [7, 11) is -0.532. The van der Waals surface area contributed by atoms with Crippen LogP contribution >= 0.6 is 0 Å². The second-order valence-electron chi connectivity index (χ2n) is 4.18. The monoisotopic (exact) mass is 288 g/mol. The van der Waals surface area contributed by atoms with Gasteiger partial charge in [0.2, 0.25) is 0 Å². The van der Waals surface area contributed by atoms with Crippen molar-refractivity contribution in [3.8, 4) is 5.75 Å². The molecule has 0 amide bonds. The Morgan fingerprint density at radius 3 is 2.47 bits per heavy atom. The average molecular weight is 288 g/mol. The van der Waals surface area contributed by atoms with E-state index in [-0.39, 0.29) is 18.3 Å². The van der Waals surface area contributed by atoms with Crippen molar-refractivity contribution in [1.82, 2.24) is 9.03 Å². The van der Waals surface area contributed by atoms with Gasteiger partial charge in [0.15, 0.2) is 0 Å². The molecule has 0 aliphatic carbocycles. The van der Waals surface area contributed by atoms with E-state index >= 15 is 0 Å². The highest BCUT2D eigenvalue weighted by molar-refractivity contribution is 7.87. The molecule has 0 aliphatic rings. The van der Waals surface area contributed by atoms with Gasteiger partial charge >= 0.3 is 0 Å². The highest BCUT2D eigenvalue weighted by Gasteiger charge is 2.23. The zero-order valence-electron chi connectivity index (χ0n) is 11.3. The van der Waals surface area contributed by atoms with E-state index in [1.165, 1.54) is 30.6 Å². The van der Waals surface area contributed by atoms with Crippen LogP contribution in [0.2, 0.25) is 0 Å². The summed E-state index contributed by atoms with van der Waals surface area (Å²) < 4.78 is 32.5. The van der Waals surface area contributed by atoms with Crippen LogP contribution in [0.1, 0.15) is 18.5 Å². The predicted molar refractivity (Wildman–Crippen MR) is 73.1 cm³/mol. The molecule has 7 heteroatoms. The molecule has 0 fully saturated rings. The van der Waals surface area contributed by atoms with E-state index in [9.17, 15) is 13.5 Å². The summed E-state index contributed by atoms with van der Waals surface area (Å²) in [5.41, 5.74) is 0.803. The number of hydrogen-bond acceptors (Lipinski definition) is 4. The van der Waals surface area contributed by atoms with Gasteiger partial charge in [-0.15, -0.1) is 0 Å². The Balaban J connectivity index is 2.75. The molecule has 0 bridgehead atoms. The smallest absolute Gasteiger partial charge is 0.279 e. The first-order valence-electron chi connectivity index (χ1n) is 5.89. The molecule has 2 N–H and O–H groups in total. The molecule has 1 aromatic rings. The van der Waals surface area contributed by atoms with Crippen LogP contribution in [0.4, 0.5) is 0 Å². The molecule has 1 aromatic carbocycles. The van der Waals surface area contributed by atoms with Crippen molar-refractivity contribution in [2.24, 2.45) is 0 Å². The van der Waals surface area contributed by atoms with E-state index in [0.29, 0.717) is 6.61 Å². The maximum absolute atomic E-state index is 12.0. The minimum atomic E-state index is -3.55. The number of methoxy groups -OCH3 is 1. The minimum absolute atomic E-state index is 0.152. The third kappa shape index (κ3) is 4.46. The lowest BCUT2D eigenvalue weighted by Gasteiger charge is -2.24. The fraction of sp³-hybridized carbons (Fsp3) is 0.500. The molecule has 0 aromatic heterocycles. The van der Waals surface area contributed by atoms with Crippen LogP contribution in [-0.4, -0.2) is 45.1 Å². The number of phenolic OH excluding ortho intramolecular Hbond substituents is 1. The summed E-state index contributed by atoms with van der Waals surface area (Å²) in [6.45, 7) is 2.33. The molecule has 0 aliphatic heterocycles. The van der Waals surface area contributed by atoms with E-state index < -0.39 is 10.2 Å². The topological polar surface area (TPSA) is 78.9 Å². The third-order valence-corrected chi connectivity index (χ3v) is 4.53. The highest BCUT2D eigenvalue weighted by Crippen LogP contribution is 2.22. The van der Waals surface area contributed by atoms with Crippen LogP contribution in [-0.2, 0) is 14.9 Å². The quantitative estimate of drug-likeness (QED) is 0.730. The van der Waals surface area contributed by atoms with Crippen LogP contribution in [0.25, 0.3) is 0 Å². The van der Waals surface area contributed by atoms with E-state index in [2.05, 4.69) is 4.72 Å². The maximum Gasteiger partial charge on any atom is 0.279 e. The molecule has 1 atom stereocenters. The van der Waals surface area contributed by atoms with Crippen LogP contribution in [0.15, 0.2) is 24.3 Å². The number of nitrogens with zero attached hydrogens (tertiary/aromatic N) is 1. The lowest BCUT2D eigenvalue weighted by molar-refractivity contribution is 0.203. The summed E-state index contributed by atoms with van der Waals surface area (Å²) in [6, 6.07) is 6.12. The van der Waals surface area contributed by atoms with Gasteiger partial charge in [-0.1, -0.05) is 12.1 Å². The number of nitrogens with one attached hydrogen (secondary N) is 1. The molecule has 0 saturated heterocycles. The van der Waals surface area contributed by atoms with Gasteiger partial charge < -0.3 is 9.84 Å². The molecule has 0 heterocycles. The Morgan fingerprint density at radius 2 is 1.95 bits per heavy atom. The fourth-order valence-electron chi connectivity index (χ4n) is 1.55. The summed E-state index contributed by atoms with van der Waals surface area (Å²) in [6.07, 6.45) is 0. The Labute approximate surface area is 114 Å². The number of hydrogen-bond donors (Lipinski definition) is 2. The van der Waals surface area contributed by atoms with E-state index in [1.807, 2.05) is 0 Å². The fourth-order valence-corrected chi connectivity index (χ4v) is 2.63. The van der Waals surface area contributed by atoms with E-state index in [0.717, 1.165) is 5.56 Å². The van der Waals surface area contributed by atoms with Gasteiger partial charge in [-0.05, 0) is 24.6 Å². The summed E-state index contributed by atoms with van der Waals surface area (Å²) in [5, 5.41) is 9.22. The average Bonchev–Trinajstić information content (AvgIpc) is 2.38. The van der Waals surface area contributed by atoms with Gasteiger partial charge in [0, 0.05) is 26.7 Å². The molecule has 1 unspecified atom stereocenters. The van der Waals surface area contributed by atoms with Crippen LogP contribution in [0.3, 0.4) is 0 Å². The van der Waals surface area contributed by atoms with Gasteiger partial charge in [-0.25, -0.2) is 0 Å². The van der Waals surface area contributed by atoms with Crippen molar-refractivity contribution in [2.75, 3.05) is 27.3 Å². The number of rotatable bonds is 7. The first-order valence-corrected chi connectivity index (χ1v) is 7.33. The summed E-state index contributed by atoms with van der Waals surface area (Å²) in [4.78, 5) is 0. The molecule has 6 nitrogen and oxygen atoms in total. The number of phenols is 1. The molecule has 1 rings (SSSR count). The van der Waals surface area contributed by atoms with E-state index in [1.54, 1.807) is 19.1 Å². The van der Waals surface area contributed by atoms with Gasteiger partial charge in [0.1, 0.15) is 5.75 Å². The molecule has 0 spiro atoms. The van der Waals surface area contributed by atoms with Gasteiger partial charge in [0.05, 0.1) is 6.61 Å². The van der Waals surface area contributed by atoms with Gasteiger partial charge in [-0.2, -0.15) is 17.4 Å². The Bertz CT molecular complexity index is 487. The van der Waals surface area contributed by atoms with Crippen LogP contribution in [0.5, 0.6) is 5.75 Å². The van der Waals surface area contributed by atoms with Crippen molar-refractivity contribution in [1.29, 1.82) is 0 Å². The molecule has 0 saturated carbocycles. The molecule has 19 heavy (non-hydrogen) atoms. The minimum Gasteiger partial charge on any atom is -0.508 e. The van der Waals surface area contributed by atoms with Crippen molar-refractivity contribution in [3.05, 3.63) is 29.8 Å². The lowest BCUT2D eigenvalue weighted by atomic mass is 10.1. The first kappa shape index (κ1) is 15.9. The summed E-state index contributed by atoms with van der Waals surface area (Å²) >= 11 is 0. The Morgan fingerprint density at radius 1 is 1.37 bits per heavy atom. The maximum atomic E-state index is 12.0. The molecule has 108 valence electrons. The Kier molecular flexibility index (Phi) is 5.74. The van der Waals surface area contributed by atoms with Crippen molar-refractivity contribution in [2.45, 2.75) is 13.0 Å². The zero-order chi connectivity index (χ0) is 14.5. The molecular formula is C12H20N2O4S. The third-order valence-electron chi connectivity index (χ3n) is 2.89. The largest absolute Gasteiger partial charge is 0.508 e. The second-order valence-corrected chi connectivity index (χ2v) is 5.99. The first-order chi connectivity index (χ1) is 8.88. The van der Waals surface area contributed by atoms with Crippen LogP contribution < -0.4 is 4.72 Å². The van der Waals surface area contributed by atoms with Crippen molar-refractivity contribution < 1.29 is 18.3 Å². The highest BCUT2D eigenvalue weighted by atomic mass is 32.2. The van der Waals surface area contributed by atoms with E-state index in [4.69, 9.17) is 4.74 Å². The second kappa shape index (κ2) is 6.85. The number of ether oxygens (including phenoxy) is 1. The van der Waals surface area contributed by atoms with Crippen molar-refractivity contribution >= 4 is 10.2 Å². The molecular weight excluding hydrogens is 268 g/mol. The molecule has 0 radical (unpaired) electrons. The SMILES string of the molecule is COCCNS(=O)(=O)N(C)C(C)c1ccc(O)cc1. The number of benzene rings is 1. The standard InChI is InChI=1S/C12H20N2O4S/c1-10(11-4-6-12(15)7-5-11)14(2)19(16,17)13-8-9-18-3/h4-7,10,13,15H,8-9H2,1-3H3. The predicted octanol–water partition coefficient (Wildman–Crippen LogP) is 0.866. The van der Waals surface area contributed by atoms with Gasteiger partial charge in [-0.3, -0.25) is 0 Å². The number of aromatic hydroxyl groups is 1. The normalized spacial score (nSPS) is 13.7. The van der Waals surface area contributed by atoms with Gasteiger partial charge in [0.25, 0.3) is 10.2 Å². The lowest BCUT2D eigenvalue weighted by Crippen LogP contribution is -2.40. The Hall–Kier alpha value is -1.15. The summed E-state index contributed by atoms with van der Waals surface area (Å²) in [5.74, 6) is 0.152. The van der Waals surface area contributed by atoms with Crippen LogP contribution in [0, 0.1) is 0 Å². The zero-order valence-corrected chi connectivity index (χ0v) is 12.1. The van der Waals surface area contributed by atoms with Crippen molar-refractivity contribution in [3.63, 3.8) is 0 Å².